The molecule has 0 aromatic rings. The van der Waals surface area contributed by atoms with E-state index in [2.05, 4.69) is 5.32 Å². The van der Waals surface area contributed by atoms with E-state index in [1.807, 2.05) is 6.92 Å². The first-order valence-corrected chi connectivity index (χ1v) is 5.38. The van der Waals surface area contributed by atoms with Crippen molar-refractivity contribution in [3.05, 3.63) is 0 Å². The van der Waals surface area contributed by atoms with Crippen molar-refractivity contribution >= 4 is 11.9 Å². The molecule has 0 aromatic heterocycles. The highest BCUT2D eigenvalue weighted by Crippen LogP contribution is 2.20. The minimum atomic E-state index is -1.04. The molecule has 1 saturated heterocycles. The van der Waals surface area contributed by atoms with Crippen molar-refractivity contribution in [1.82, 2.24) is 5.32 Å². The summed E-state index contributed by atoms with van der Waals surface area (Å²) < 4.78 is 5.08. The highest BCUT2D eigenvalue weighted by atomic mass is 16.5. The summed E-state index contributed by atoms with van der Waals surface area (Å²) in [4.78, 5) is 22.2. The molecule has 0 aliphatic carbocycles. The van der Waals surface area contributed by atoms with Gasteiger partial charge in [0.25, 0.3) is 0 Å². The predicted molar refractivity (Wildman–Crippen MR) is 54.8 cm³/mol. The lowest BCUT2D eigenvalue weighted by Gasteiger charge is -2.17. The zero-order chi connectivity index (χ0) is 12.1. The molecule has 0 radical (unpaired) electrons. The fourth-order valence-electron chi connectivity index (χ4n) is 1.58. The SMILES string of the molecule is CC[C@H](CO)NC(=O)C1CCC(C(=O)O)O1. The number of carboxylic acid groups (broad SMARTS) is 1. The molecule has 2 unspecified atom stereocenters. The first-order valence-electron chi connectivity index (χ1n) is 5.38. The minimum absolute atomic E-state index is 0.128. The number of aliphatic carboxylic acids is 1. The normalized spacial score (nSPS) is 26.4. The number of hydrogen-bond donors (Lipinski definition) is 3. The molecule has 6 nitrogen and oxygen atoms in total. The van der Waals surface area contributed by atoms with Gasteiger partial charge in [-0.15, -0.1) is 0 Å². The minimum Gasteiger partial charge on any atom is -0.479 e. The van der Waals surface area contributed by atoms with Gasteiger partial charge < -0.3 is 20.3 Å². The Bertz CT molecular complexity index is 264. The van der Waals surface area contributed by atoms with Crippen molar-refractivity contribution in [3.8, 4) is 0 Å². The van der Waals surface area contributed by atoms with E-state index < -0.39 is 18.2 Å². The Labute approximate surface area is 93.6 Å². The third-order valence-corrected chi connectivity index (χ3v) is 2.65. The molecule has 1 heterocycles. The van der Waals surface area contributed by atoms with E-state index in [0.717, 1.165) is 0 Å². The Hall–Kier alpha value is -1.14. The Morgan fingerprint density at radius 3 is 2.50 bits per heavy atom. The van der Waals surface area contributed by atoms with E-state index in [0.29, 0.717) is 19.3 Å². The van der Waals surface area contributed by atoms with Crippen molar-refractivity contribution in [1.29, 1.82) is 0 Å². The largest absolute Gasteiger partial charge is 0.479 e. The maximum absolute atomic E-state index is 11.6. The molecule has 1 aliphatic heterocycles. The van der Waals surface area contributed by atoms with E-state index in [9.17, 15) is 9.59 Å². The molecule has 0 spiro atoms. The van der Waals surface area contributed by atoms with Crippen LogP contribution in [0.4, 0.5) is 0 Å². The molecule has 0 bridgehead atoms. The molecule has 0 aromatic carbocycles. The molecular weight excluding hydrogens is 214 g/mol. The van der Waals surface area contributed by atoms with Crippen molar-refractivity contribution < 1.29 is 24.5 Å². The van der Waals surface area contributed by atoms with Crippen LogP contribution in [0, 0.1) is 0 Å². The maximum atomic E-state index is 11.6. The van der Waals surface area contributed by atoms with Gasteiger partial charge in [0.1, 0.15) is 6.10 Å². The average molecular weight is 231 g/mol. The summed E-state index contributed by atoms with van der Waals surface area (Å²) >= 11 is 0. The van der Waals surface area contributed by atoms with Crippen LogP contribution in [0.1, 0.15) is 26.2 Å². The number of aliphatic hydroxyl groups is 1. The fourth-order valence-corrected chi connectivity index (χ4v) is 1.58. The number of hydrogen-bond acceptors (Lipinski definition) is 4. The van der Waals surface area contributed by atoms with Crippen LogP contribution in [0.25, 0.3) is 0 Å². The van der Waals surface area contributed by atoms with Crippen LogP contribution in [0.2, 0.25) is 0 Å². The third kappa shape index (κ3) is 3.18. The molecular formula is C10H17NO5. The summed E-state index contributed by atoms with van der Waals surface area (Å²) in [5, 5.41) is 20.2. The molecule has 3 atom stereocenters. The summed E-state index contributed by atoms with van der Waals surface area (Å²) in [5.41, 5.74) is 0. The molecule has 1 aliphatic rings. The van der Waals surface area contributed by atoms with Gasteiger partial charge in [0.2, 0.25) is 5.91 Å². The predicted octanol–water partition coefficient (Wildman–Crippen LogP) is -0.494. The second-order valence-corrected chi connectivity index (χ2v) is 3.83. The molecule has 3 N–H and O–H groups in total. The van der Waals surface area contributed by atoms with Gasteiger partial charge in [-0.1, -0.05) is 6.92 Å². The highest BCUT2D eigenvalue weighted by Gasteiger charge is 2.35. The van der Waals surface area contributed by atoms with E-state index in [1.54, 1.807) is 0 Å². The van der Waals surface area contributed by atoms with Crippen molar-refractivity contribution in [2.75, 3.05) is 6.61 Å². The van der Waals surface area contributed by atoms with Gasteiger partial charge >= 0.3 is 5.97 Å². The van der Waals surface area contributed by atoms with Gasteiger partial charge in [-0.3, -0.25) is 4.79 Å². The number of rotatable bonds is 5. The number of amides is 1. The topological polar surface area (TPSA) is 95.9 Å². The number of carbonyl (C=O) groups is 2. The Kier molecular flexibility index (Phi) is 4.70. The van der Waals surface area contributed by atoms with E-state index >= 15 is 0 Å². The number of aliphatic hydroxyl groups excluding tert-OH is 1. The van der Waals surface area contributed by atoms with Crippen LogP contribution in [-0.2, 0) is 14.3 Å². The summed E-state index contributed by atoms with van der Waals surface area (Å²) in [7, 11) is 0. The smallest absolute Gasteiger partial charge is 0.332 e. The van der Waals surface area contributed by atoms with Gasteiger partial charge in [0.05, 0.1) is 12.6 Å². The van der Waals surface area contributed by atoms with E-state index in [-0.39, 0.29) is 18.6 Å². The summed E-state index contributed by atoms with van der Waals surface area (Å²) in [6.45, 7) is 1.72. The molecule has 1 fully saturated rings. The van der Waals surface area contributed by atoms with Crippen LogP contribution >= 0.6 is 0 Å². The second kappa shape index (κ2) is 5.81. The average Bonchev–Trinajstić information content (AvgIpc) is 2.74. The van der Waals surface area contributed by atoms with E-state index in [1.165, 1.54) is 0 Å². The molecule has 92 valence electrons. The lowest BCUT2D eigenvalue weighted by Crippen LogP contribution is -2.43. The van der Waals surface area contributed by atoms with Gasteiger partial charge in [-0.2, -0.15) is 0 Å². The summed E-state index contributed by atoms with van der Waals surface area (Å²) in [6, 6.07) is -0.292. The first kappa shape index (κ1) is 12.9. The number of nitrogens with one attached hydrogen (secondary N) is 1. The van der Waals surface area contributed by atoms with Crippen molar-refractivity contribution in [3.63, 3.8) is 0 Å². The lowest BCUT2D eigenvalue weighted by atomic mass is 10.1. The fraction of sp³-hybridized carbons (Fsp3) is 0.800. The molecule has 1 rings (SSSR count). The van der Waals surface area contributed by atoms with Crippen LogP contribution in [0.5, 0.6) is 0 Å². The lowest BCUT2D eigenvalue weighted by molar-refractivity contribution is -0.152. The Balaban J connectivity index is 2.41. The van der Waals surface area contributed by atoms with Gasteiger partial charge in [-0.05, 0) is 19.3 Å². The van der Waals surface area contributed by atoms with Crippen molar-refractivity contribution in [2.24, 2.45) is 0 Å². The zero-order valence-corrected chi connectivity index (χ0v) is 9.18. The van der Waals surface area contributed by atoms with Crippen LogP contribution < -0.4 is 5.32 Å². The Morgan fingerprint density at radius 1 is 1.44 bits per heavy atom. The monoisotopic (exact) mass is 231 g/mol. The summed E-state index contributed by atoms with van der Waals surface area (Å²) in [5.74, 6) is -1.38. The molecule has 0 saturated carbocycles. The number of carbonyl (C=O) groups excluding carboxylic acids is 1. The zero-order valence-electron chi connectivity index (χ0n) is 9.18. The Morgan fingerprint density at radius 2 is 2.06 bits per heavy atom. The van der Waals surface area contributed by atoms with Crippen molar-refractivity contribution in [2.45, 2.75) is 44.4 Å². The number of ether oxygens (including phenoxy) is 1. The van der Waals surface area contributed by atoms with Gasteiger partial charge in [-0.25, -0.2) is 4.79 Å². The standard InChI is InChI=1S/C10H17NO5/c1-2-6(5-12)11-9(13)7-3-4-8(16-7)10(14)15/h6-8,12H,2-5H2,1H3,(H,11,13)(H,14,15)/t6-,7?,8?/m1/s1. The summed E-state index contributed by atoms with van der Waals surface area (Å²) in [6.07, 6.45) is -0.211. The third-order valence-electron chi connectivity index (χ3n) is 2.65. The van der Waals surface area contributed by atoms with E-state index in [4.69, 9.17) is 14.9 Å². The molecule has 1 amide bonds. The quantitative estimate of drug-likeness (QED) is 0.593. The number of carboxylic acids is 1. The second-order valence-electron chi connectivity index (χ2n) is 3.83. The first-order chi connectivity index (χ1) is 7.58. The van der Waals surface area contributed by atoms with Gasteiger partial charge in [0.15, 0.2) is 6.10 Å². The van der Waals surface area contributed by atoms with Gasteiger partial charge in [0, 0.05) is 0 Å². The van der Waals surface area contributed by atoms with Crippen LogP contribution in [0.15, 0.2) is 0 Å². The maximum Gasteiger partial charge on any atom is 0.332 e. The van der Waals surface area contributed by atoms with Crippen LogP contribution in [0.3, 0.4) is 0 Å². The van der Waals surface area contributed by atoms with Crippen LogP contribution in [-0.4, -0.2) is 46.9 Å². The highest BCUT2D eigenvalue weighted by molar-refractivity contribution is 5.82. The molecule has 6 heteroatoms. The molecule has 16 heavy (non-hydrogen) atoms.